The van der Waals surface area contributed by atoms with E-state index in [-0.39, 0.29) is 17.1 Å². The van der Waals surface area contributed by atoms with E-state index in [2.05, 4.69) is 14.7 Å². The summed E-state index contributed by atoms with van der Waals surface area (Å²) < 4.78 is 42.3. The number of hydrogen-bond acceptors (Lipinski definition) is 4. The van der Waals surface area contributed by atoms with E-state index in [0.29, 0.717) is 26.2 Å². The van der Waals surface area contributed by atoms with Gasteiger partial charge in [-0.05, 0) is 36.6 Å². The molecular formula is C17H21FN4O2S. The summed E-state index contributed by atoms with van der Waals surface area (Å²) in [6, 6.07) is 8.46. The molecule has 8 heteroatoms. The van der Waals surface area contributed by atoms with Crippen molar-refractivity contribution in [1.29, 1.82) is 0 Å². The molecule has 1 aliphatic heterocycles. The fourth-order valence-corrected chi connectivity index (χ4v) is 4.76. The highest BCUT2D eigenvalue weighted by Crippen LogP contribution is 2.28. The Labute approximate surface area is 146 Å². The first-order chi connectivity index (χ1) is 12.0. The van der Waals surface area contributed by atoms with Crippen LogP contribution in [0.25, 0.3) is 0 Å². The summed E-state index contributed by atoms with van der Waals surface area (Å²) in [4.78, 5) is 2.20. The normalized spacial score (nSPS) is 21.2. The van der Waals surface area contributed by atoms with Crippen LogP contribution < -0.4 is 4.72 Å². The van der Waals surface area contributed by atoms with Crippen molar-refractivity contribution in [2.75, 3.05) is 13.1 Å². The summed E-state index contributed by atoms with van der Waals surface area (Å²) in [5.74, 6) is -0.242. The first-order valence-electron chi connectivity index (χ1n) is 8.49. The molecule has 0 saturated heterocycles. The fourth-order valence-electron chi connectivity index (χ4n) is 3.34. The van der Waals surface area contributed by atoms with Gasteiger partial charge in [-0.1, -0.05) is 12.1 Å². The third kappa shape index (κ3) is 3.75. The molecular weight excluding hydrogens is 343 g/mol. The third-order valence-corrected chi connectivity index (χ3v) is 6.65. The maximum absolute atomic E-state index is 13.4. The zero-order valence-corrected chi connectivity index (χ0v) is 14.6. The third-order valence-electron chi connectivity index (χ3n) is 4.73. The van der Waals surface area contributed by atoms with E-state index in [1.54, 1.807) is 12.3 Å². The molecule has 1 N–H and O–H groups in total. The van der Waals surface area contributed by atoms with Crippen LogP contribution in [0.15, 0.2) is 36.5 Å². The second-order valence-electron chi connectivity index (χ2n) is 6.81. The summed E-state index contributed by atoms with van der Waals surface area (Å²) in [5.41, 5.74) is 1.95. The first-order valence-corrected chi connectivity index (χ1v) is 10.0. The van der Waals surface area contributed by atoms with Crippen molar-refractivity contribution in [1.82, 2.24) is 19.4 Å². The van der Waals surface area contributed by atoms with E-state index in [9.17, 15) is 12.8 Å². The van der Waals surface area contributed by atoms with E-state index in [1.807, 2.05) is 16.8 Å². The second-order valence-corrected chi connectivity index (χ2v) is 8.86. The van der Waals surface area contributed by atoms with Crippen LogP contribution in [0.1, 0.15) is 30.1 Å². The SMILES string of the molecule is O=S(=O)(NCC1CN(Cc2cccc(F)c2)Cc2ccnn21)C1CC1. The Kier molecular flexibility index (Phi) is 4.35. The van der Waals surface area contributed by atoms with Crippen molar-refractivity contribution >= 4 is 10.0 Å². The van der Waals surface area contributed by atoms with Crippen LogP contribution in [-0.4, -0.2) is 41.4 Å². The maximum Gasteiger partial charge on any atom is 0.214 e. The van der Waals surface area contributed by atoms with Gasteiger partial charge in [0.15, 0.2) is 0 Å². The molecule has 1 unspecified atom stereocenters. The molecule has 0 bridgehead atoms. The fraction of sp³-hybridized carbons (Fsp3) is 0.471. The molecule has 134 valence electrons. The lowest BCUT2D eigenvalue weighted by molar-refractivity contribution is 0.168. The van der Waals surface area contributed by atoms with E-state index in [0.717, 1.165) is 24.1 Å². The molecule has 1 saturated carbocycles. The van der Waals surface area contributed by atoms with Gasteiger partial charge in [0, 0.05) is 32.4 Å². The highest BCUT2D eigenvalue weighted by atomic mass is 32.2. The zero-order chi connectivity index (χ0) is 17.4. The quantitative estimate of drug-likeness (QED) is 0.847. The van der Waals surface area contributed by atoms with Crippen molar-refractivity contribution in [3.63, 3.8) is 0 Å². The first kappa shape index (κ1) is 16.7. The van der Waals surface area contributed by atoms with Crippen molar-refractivity contribution in [2.24, 2.45) is 0 Å². The van der Waals surface area contributed by atoms with Crippen LogP contribution in [0.2, 0.25) is 0 Å². The van der Waals surface area contributed by atoms with Crippen molar-refractivity contribution < 1.29 is 12.8 Å². The van der Waals surface area contributed by atoms with E-state index in [1.165, 1.54) is 12.1 Å². The molecule has 2 aromatic rings. The predicted molar refractivity (Wildman–Crippen MR) is 91.7 cm³/mol. The van der Waals surface area contributed by atoms with Crippen LogP contribution in [0, 0.1) is 5.82 Å². The average Bonchev–Trinajstić information content (AvgIpc) is 3.33. The molecule has 1 aliphatic carbocycles. The van der Waals surface area contributed by atoms with E-state index in [4.69, 9.17) is 0 Å². The van der Waals surface area contributed by atoms with Gasteiger partial charge in [0.05, 0.1) is 17.0 Å². The van der Waals surface area contributed by atoms with Gasteiger partial charge in [0.1, 0.15) is 5.82 Å². The Hall–Kier alpha value is -1.77. The number of hydrogen-bond donors (Lipinski definition) is 1. The average molecular weight is 364 g/mol. The van der Waals surface area contributed by atoms with Gasteiger partial charge < -0.3 is 0 Å². The largest absolute Gasteiger partial charge is 0.291 e. The Balaban J connectivity index is 1.47. The van der Waals surface area contributed by atoms with Gasteiger partial charge in [0.2, 0.25) is 10.0 Å². The second kappa shape index (κ2) is 6.51. The number of nitrogens with one attached hydrogen (secondary N) is 1. The molecule has 6 nitrogen and oxygen atoms in total. The maximum atomic E-state index is 13.4. The number of nitrogens with zero attached hydrogens (tertiary/aromatic N) is 3. The van der Waals surface area contributed by atoms with Crippen molar-refractivity contribution in [2.45, 2.75) is 37.2 Å². The lowest BCUT2D eigenvalue weighted by Gasteiger charge is -2.34. The molecule has 0 spiro atoms. The number of aromatic nitrogens is 2. The van der Waals surface area contributed by atoms with Gasteiger partial charge in [-0.15, -0.1) is 0 Å². The van der Waals surface area contributed by atoms with E-state index < -0.39 is 10.0 Å². The lowest BCUT2D eigenvalue weighted by atomic mass is 10.1. The molecule has 1 atom stereocenters. The van der Waals surface area contributed by atoms with E-state index >= 15 is 0 Å². The minimum absolute atomic E-state index is 0.0687. The van der Waals surface area contributed by atoms with Gasteiger partial charge in [-0.25, -0.2) is 17.5 Å². The molecule has 4 rings (SSSR count). The van der Waals surface area contributed by atoms with Crippen molar-refractivity contribution in [3.05, 3.63) is 53.6 Å². The van der Waals surface area contributed by atoms with Crippen LogP contribution in [0.5, 0.6) is 0 Å². The van der Waals surface area contributed by atoms with Gasteiger partial charge in [-0.2, -0.15) is 5.10 Å². The molecule has 1 fully saturated rings. The minimum Gasteiger partial charge on any atom is -0.291 e. The minimum atomic E-state index is -3.21. The topological polar surface area (TPSA) is 67.2 Å². The summed E-state index contributed by atoms with van der Waals surface area (Å²) >= 11 is 0. The molecule has 2 heterocycles. The molecule has 25 heavy (non-hydrogen) atoms. The predicted octanol–water partition coefficient (Wildman–Crippen LogP) is 1.66. The number of halogens is 1. The Morgan fingerprint density at radius 3 is 2.88 bits per heavy atom. The lowest BCUT2D eigenvalue weighted by Crippen LogP contribution is -2.43. The summed E-state index contributed by atoms with van der Waals surface area (Å²) in [5, 5.41) is 4.12. The molecule has 1 aromatic heterocycles. The number of fused-ring (bicyclic) bond motifs is 1. The molecule has 1 aromatic carbocycles. The van der Waals surface area contributed by atoms with Crippen LogP contribution >= 0.6 is 0 Å². The number of sulfonamides is 1. The number of rotatable bonds is 6. The Bertz CT molecular complexity index is 863. The van der Waals surface area contributed by atoms with Crippen LogP contribution in [0.4, 0.5) is 4.39 Å². The molecule has 2 aliphatic rings. The van der Waals surface area contributed by atoms with Gasteiger partial charge >= 0.3 is 0 Å². The highest BCUT2D eigenvalue weighted by molar-refractivity contribution is 7.90. The van der Waals surface area contributed by atoms with Crippen LogP contribution in [-0.2, 0) is 23.1 Å². The van der Waals surface area contributed by atoms with Crippen LogP contribution in [0.3, 0.4) is 0 Å². The smallest absolute Gasteiger partial charge is 0.214 e. The zero-order valence-electron chi connectivity index (χ0n) is 13.8. The number of benzene rings is 1. The van der Waals surface area contributed by atoms with Gasteiger partial charge in [0.25, 0.3) is 0 Å². The summed E-state index contributed by atoms with van der Waals surface area (Å²) in [6.07, 6.45) is 3.24. The van der Waals surface area contributed by atoms with Crippen molar-refractivity contribution in [3.8, 4) is 0 Å². The standard InChI is InChI=1S/C17H21FN4O2S/c18-14-3-1-2-13(8-14)10-21-11-15-6-7-19-22(15)16(12-21)9-20-25(23,24)17-4-5-17/h1-3,6-8,16-17,20H,4-5,9-12H2. The monoisotopic (exact) mass is 364 g/mol. The molecule has 0 amide bonds. The summed E-state index contributed by atoms with van der Waals surface area (Å²) in [6.45, 7) is 2.32. The van der Waals surface area contributed by atoms with Gasteiger partial charge in [-0.3, -0.25) is 9.58 Å². The molecule has 0 radical (unpaired) electrons. The Morgan fingerprint density at radius 1 is 1.28 bits per heavy atom. The Morgan fingerprint density at radius 2 is 2.12 bits per heavy atom. The highest BCUT2D eigenvalue weighted by Gasteiger charge is 2.36. The summed E-state index contributed by atoms with van der Waals surface area (Å²) in [7, 11) is -3.21.